The number of ether oxygens (including phenoxy) is 1. The fraction of sp³-hybridized carbons (Fsp3) is 0.464. The second-order valence-corrected chi connectivity index (χ2v) is 10.3. The number of nitrogens with zero attached hydrogens (tertiary/aromatic N) is 1. The third kappa shape index (κ3) is 5.60. The van der Waals surface area contributed by atoms with Gasteiger partial charge in [-0.2, -0.15) is 26.3 Å². The lowest BCUT2D eigenvalue weighted by Gasteiger charge is -2.39. The molecule has 0 aromatic heterocycles. The van der Waals surface area contributed by atoms with Gasteiger partial charge in [-0.3, -0.25) is 4.79 Å². The van der Waals surface area contributed by atoms with Crippen molar-refractivity contribution in [3.63, 3.8) is 0 Å². The minimum absolute atomic E-state index is 0.0723. The van der Waals surface area contributed by atoms with Crippen LogP contribution in [0.4, 0.5) is 30.7 Å². The van der Waals surface area contributed by atoms with Crippen LogP contribution in [0.1, 0.15) is 53.9 Å². The molecule has 5 rings (SSSR count). The van der Waals surface area contributed by atoms with Crippen molar-refractivity contribution in [2.45, 2.75) is 56.7 Å². The van der Waals surface area contributed by atoms with Crippen molar-refractivity contribution in [3.8, 4) is 0 Å². The molecule has 0 radical (unpaired) electrons. The van der Waals surface area contributed by atoms with Gasteiger partial charge in [-0.1, -0.05) is 12.1 Å². The van der Waals surface area contributed by atoms with E-state index in [1.807, 2.05) is 0 Å². The number of ketones is 1. The number of benzene rings is 2. The van der Waals surface area contributed by atoms with Crippen molar-refractivity contribution in [2.24, 2.45) is 11.8 Å². The van der Waals surface area contributed by atoms with E-state index in [4.69, 9.17) is 4.74 Å². The first kappa shape index (κ1) is 26.7. The fourth-order valence-corrected chi connectivity index (χ4v) is 6.15. The van der Waals surface area contributed by atoms with Gasteiger partial charge in [0.1, 0.15) is 5.82 Å². The lowest BCUT2D eigenvalue weighted by molar-refractivity contribution is -0.143. The van der Waals surface area contributed by atoms with Gasteiger partial charge in [-0.05, 0) is 72.6 Å². The molecule has 2 aliphatic carbocycles. The molecule has 2 aromatic rings. The molecule has 38 heavy (non-hydrogen) atoms. The van der Waals surface area contributed by atoms with Gasteiger partial charge >= 0.3 is 12.4 Å². The summed E-state index contributed by atoms with van der Waals surface area (Å²) in [5, 5.41) is 0. The van der Waals surface area contributed by atoms with Crippen LogP contribution in [0.3, 0.4) is 0 Å². The maximum absolute atomic E-state index is 13.7. The van der Waals surface area contributed by atoms with E-state index in [9.17, 15) is 35.5 Å². The lowest BCUT2D eigenvalue weighted by Crippen LogP contribution is -2.37. The van der Waals surface area contributed by atoms with Crippen LogP contribution in [0.5, 0.6) is 0 Å². The van der Waals surface area contributed by atoms with Crippen molar-refractivity contribution in [3.05, 3.63) is 82.3 Å². The molecule has 1 aliphatic heterocycles. The molecule has 0 spiro atoms. The fourth-order valence-electron chi connectivity index (χ4n) is 6.15. The summed E-state index contributed by atoms with van der Waals surface area (Å²) < 4.78 is 99.7. The Hall–Kier alpha value is -2.88. The molecule has 204 valence electrons. The van der Waals surface area contributed by atoms with E-state index < -0.39 is 42.0 Å². The number of likely N-dealkylation sites (tertiary alicyclic amines) is 1. The Bertz CT molecular complexity index is 1190. The molecule has 0 bridgehead atoms. The summed E-state index contributed by atoms with van der Waals surface area (Å²) in [6.45, 7) is 0.986. The van der Waals surface area contributed by atoms with Crippen LogP contribution in [-0.4, -0.2) is 29.9 Å². The van der Waals surface area contributed by atoms with Crippen molar-refractivity contribution in [1.29, 1.82) is 0 Å². The highest BCUT2D eigenvalue weighted by Crippen LogP contribution is 2.48. The zero-order chi connectivity index (χ0) is 27.2. The zero-order valence-corrected chi connectivity index (χ0v) is 20.3. The van der Waals surface area contributed by atoms with E-state index in [0.29, 0.717) is 37.9 Å². The molecule has 4 atom stereocenters. The Balaban J connectivity index is 1.41. The molecule has 0 N–H and O–H groups in total. The Morgan fingerprint density at radius 3 is 2.11 bits per heavy atom. The van der Waals surface area contributed by atoms with Gasteiger partial charge in [0, 0.05) is 37.2 Å². The summed E-state index contributed by atoms with van der Waals surface area (Å²) in [7, 11) is 0. The van der Waals surface area contributed by atoms with Gasteiger partial charge in [-0.15, -0.1) is 0 Å². The number of alkyl halides is 6. The lowest BCUT2D eigenvalue weighted by atomic mass is 9.69. The average Bonchev–Trinajstić information content (AvgIpc) is 3.48. The van der Waals surface area contributed by atoms with E-state index >= 15 is 0 Å². The average molecular weight is 542 g/mol. The van der Waals surface area contributed by atoms with Crippen molar-refractivity contribution in [2.75, 3.05) is 13.1 Å². The summed E-state index contributed by atoms with van der Waals surface area (Å²) in [4.78, 5) is 14.0. The third-order valence-electron chi connectivity index (χ3n) is 7.90. The van der Waals surface area contributed by atoms with E-state index in [0.717, 1.165) is 24.2 Å². The largest absolute Gasteiger partial charge is 0.416 e. The van der Waals surface area contributed by atoms with Gasteiger partial charge in [-0.25, -0.2) is 4.39 Å². The van der Waals surface area contributed by atoms with Crippen LogP contribution in [0.2, 0.25) is 0 Å². The number of hydrogen-bond donors (Lipinski definition) is 0. The predicted octanol–water partition coefficient (Wildman–Crippen LogP) is 7.12. The van der Waals surface area contributed by atoms with Crippen LogP contribution in [0.25, 0.3) is 0 Å². The van der Waals surface area contributed by atoms with E-state index in [1.165, 1.54) is 12.1 Å². The highest BCUT2D eigenvalue weighted by atomic mass is 19.4. The number of rotatable bonds is 5. The SMILES string of the molecule is O=C1C=C(N2C[C@H]3CC[C@H](OCc4cc(C(F)(F)F)cc(C(F)(F)F)c4)[C@@H](c4ccc(F)cc4)[C@@H]3C2)CC1. The summed E-state index contributed by atoms with van der Waals surface area (Å²) in [6.07, 6.45) is -6.21. The first-order chi connectivity index (χ1) is 17.9. The number of hydrogen-bond acceptors (Lipinski definition) is 3. The van der Waals surface area contributed by atoms with Gasteiger partial charge < -0.3 is 9.64 Å². The minimum atomic E-state index is -4.94. The third-order valence-corrected chi connectivity index (χ3v) is 7.90. The van der Waals surface area contributed by atoms with Crippen molar-refractivity contribution >= 4 is 5.78 Å². The smallest absolute Gasteiger partial charge is 0.374 e. The minimum Gasteiger partial charge on any atom is -0.374 e. The highest BCUT2D eigenvalue weighted by molar-refractivity contribution is 5.92. The molecule has 2 fully saturated rings. The van der Waals surface area contributed by atoms with E-state index in [-0.39, 0.29) is 35.2 Å². The number of carbonyl (C=O) groups excluding carboxylic acids is 1. The normalized spacial score (nSPS) is 26.0. The number of halogens is 7. The molecule has 1 heterocycles. The second kappa shape index (κ2) is 10.0. The Morgan fingerprint density at radius 2 is 1.53 bits per heavy atom. The molecule has 10 heteroatoms. The number of carbonyl (C=O) groups is 1. The molecule has 0 amide bonds. The molecule has 1 saturated heterocycles. The van der Waals surface area contributed by atoms with Crippen LogP contribution >= 0.6 is 0 Å². The Labute approximate surface area is 215 Å². The standard InChI is InChI=1S/C28H26F7NO2/c29-21-4-1-17(2-5-21)26-24-14-36(22-6-7-23(37)12-22)13-18(24)3-8-25(26)38-15-16-9-19(27(30,31)32)11-20(10-16)28(33,34)35/h1-2,4-5,9-12,18,24-26H,3,6-8,13-15H2/t18-,24-,25+,26+/m1/s1. The molecular formula is C28H26F7NO2. The first-order valence-electron chi connectivity index (χ1n) is 12.5. The van der Waals surface area contributed by atoms with Crippen LogP contribution in [-0.2, 0) is 28.5 Å². The molecule has 3 nitrogen and oxygen atoms in total. The molecule has 2 aromatic carbocycles. The van der Waals surface area contributed by atoms with E-state index in [2.05, 4.69) is 4.90 Å². The number of fused-ring (bicyclic) bond motifs is 1. The molecular weight excluding hydrogens is 515 g/mol. The summed E-state index contributed by atoms with van der Waals surface area (Å²) in [6, 6.07) is 7.47. The summed E-state index contributed by atoms with van der Waals surface area (Å²) in [5.41, 5.74) is -1.17. The van der Waals surface area contributed by atoms with Gasteiger partial charge in [0.25, 0.3) is 0 Å². The molecule has 3 aliphatic rings. The predicted molar refractivity (Wildman–Crippen MR) is 124 cm³/mol. The van der Waals surface area contributed by atoms with Crippen molar-refractivity contribution < 1.29 is 40.3 Å². The Kier molecular flexibility index (Phi) is 7.04. The van der Waals surface area contributed by atoms with Crippen molar-refractivity contribution in [1.82, 2.24) is 4.90 Å². The van der Waals surface area contributed by atoms with Crippen LogP contribution in [0, 0.1) is 17.7 Å². The second-order valence-electron chi connectivity index (χ2n) is 10.3. The quantitative estimate of drug-likeness (QED) is 0.378. The topological polar surface area (TPSA) is 29.5 Å². The zero-order valence-electron chi connectivity index (χ0n) is 20.3. The maximum atomic E-state index is 13.7. The summed E-state index contributed by atoms with van der Waals surface area (Å²) in [5.74, 6) is -0.213. The van der Waals surface area contributed by atoms with Crippen LogP contribution < -0.4 is 0 Å². The van der Waals surface area contributed by atoms with Gasteiger partial charge in [0.05, 0.1) is 23.8 Å². The van der Waals surface area contributed by atoms with Crippen LogP contribution in [0.15, 0.2) is 54.2 Å². The number of allylic oxidation sites excluding steroid dienone is 2. The van der Waals surface area contributed by atoms with E-state index in [1.54, 1.807) is 18.2 Å². The molecule has 0 unspecified atom stereocenters. The highest BCUT2D eigenvalue weighted by Gasteiger charge is 2.46. The summed E-state index contributed by atoms with van der Waals surface area (Å²) >= 11 is 0. The Morgan fingerprint density at radius 1 is 0.868 bits per heavy atom. The van der Waals surface area contributed by atoms with Gasteiger partial charge in [0.2, 0.25) is 0 Å². The van der Waals surface area contributed by atoms with Gasteiger partial charge in [0.15, 0.2) is 5.78 Å². The monoisotopic (exact) mass is 541 g/mol. The molecule has 1 saturated carbocycles. The first-order valence-corrected chi connectivity index (χ1v) is 12.5. The maximum Gasteiger partial charge on any atom is 0.416 e.